The molecule has 4 fully saturated rings. The molecule has 0 aliphatic heterocycles. The van der Waals surface area contributed by atoms with E-state index >= 15 is 0 Å². The Morgan fingerprint density at radius 3 is 2.39 bits per heavy atom. The fourth-order valence-corrected chi connectivity index (χ4v) is 7.15. The molecule has 5 nitrogen and oxygen atoms in total. The molecule has 6 rings (SSSR count). The highest BCUT2D eigenvalue weighted by atomic mass is 32.2. The summed E-state index contributed by atoms with van der Waals surface area (Å²) in [5.74, 6) is 2.73. The van der Waals surface area contributed by atoms with Gasteiger partial charge in [0, 0.05) is 29.4 Å². The van der Waals surface area contributed by atoms with Crippen LogP contribution >= 0.6 is 11.8 Å². The van der Waals surface area contributed by atoms with Crippen LogP contribution in [0.15, 0.2) is 53.7 Å². The van der Waals surface area contributed by atoms with E-state index in [4.69, 9.17) is 0 Å². The molecule has 6 heteroatoms. The molecule has 2 aromatic rings. The number of hydrogen-bond acceptors (Lipinski definition) is 4. The number of hydrogen-bond donors (Lipinski definition) is 2. The average molecular weight is 436 g/mol. The molecule has 1 aromatic heterocycles. The summed E-state index contributed by atoms with van der Waals surface area (Å²) in [4.78, 5) is 30.5. The van der Waals surface area contributed by atoms with E-state index in [1.807, 2.05) is 36.4 Å². The summed E-state index contributed by atoms with van der Waals surface area (Å²) >= 11 is 1.45. The minimum absolute atomic E-state index is 0.0347. The summed E-state index contributed by atoms with van der Waals surface area (Å²) < 4.78 is 0. The molecule has 4 aliphatic carbocycles. The number of thioether (sulfide) groups is 1. The van der Waals surface area contributed by atoms with Gasteiger partial charge >= 0.3 is 0 Å². The molecule has 4 aliphatic rings. The van der Waals surface area contributed by atoms with Crippen LogP contribution < -0.4 is 10.6 Å². The lowest BCUT2D eigenvalue weighted by Crippen LogP contribution is -2.60. The molecule has 1 heterocycles. The minimum atomic E-state index is -0.131. The predicted octanol–water partition coefficient (Wildman–Crippen LogP) is 4.19. The molecule has 0 radical (unpaired) electrons. The van der Waals surface area contributed by atoms with Gasteiger partial charge in [0.2, 0.25) is 5.91 Å². The summed E-state index contributed by atoms with van der Waals surface area (Å²) in [6, 6.07) is 11.3. The van der Waals surface area contributed by atoms with Crippen molar-refractivity contribution in [1.29, 1.82) is 0 Å². The third-order valence-electron chi connectivity index (χ3n) is 7.11. The SMILES string of the molecule is O=C(CSc1ccccc1C(=O)NCc1cccnc1)NC12CC3CC(CC(C3)C1)C2. The van der Waals surface area contributed by atoms with E-state index in [-0.39, 0.29) is 17.4 Å². The highest BCUT2D eigenvalue weighted by Gasteiger charge is 2.51. The fourth-order valence-electron chi connectivity index (χ4n) is 6.30. The van der Waals surface area contributed by atoms with Gasteiger partial charge in [0.1, 0.15) is 0 Å². The molecule has 162 valence electrons. The van der Waals surface area contributed by atoms with Gasteiger partial charge in [-0.15, -0.1) is 11.8 Å². The van der Waals surface area contributed by atoms with Gasteiger partial charge in [-0.25, -0.2) is 0 Å². The number of carbonyl (C=O) groups is 2. The summed E-state index contributed by atoms with van der Waals surface area (Å²) in [6.07, 6.45) is 11.0. The number of nitrogens with zero attached hydrogens (tertiary/aromatic N) is 1. The van der Waals surface area contributed by atoms with E-state index in [0.29, 0.717) is 17.9 Å². The van der Waals surface area contributed by atoms with Gasteiger partial charge in [0.05, 0.1) is 11.3 Å². The first-order valence-electron chi connectivity index (χ1n) is 11.3. The zero-order valence-electron chi connectivity index (χ0n) is 17.7. The van der Waals surface area contributed by atoms with Crippen LogP contribution in [-0.2, 0) is 11.3 Å². The average Bonchev–Trinajstić information content (AvgIpc) is 2.76. The first-order valence-corrected chi connectivity index (χ1v) is 12.3. The maximum atomic E-state index is 12.9. The van der Waals surface area contributed by atoms with Crippen molar-refractivity contribution in [2.45, 2.75) is 55.5 Å². The number of benzene rings is 1. The van der Waals surface area contributed by atoms with E-state index in [1.165, 1.54) is 31.0 Å². The van der Waals surface area contributed by atoms with E-state index in [9.17, 15) is 9.59 Å². The number of aromatic nitrogens is 1. The Balaban J connectivity index is 1.18. The van der Waals surface area contributed by atoms with Crippen LogP contribution in [0.25, 0.3) is 0 Å². The topological polar surface area (TPSA) is 71.1 Å². The fraction of sp³-hybridized carbons (Fsp3) is 0.480. The van der Waals surface area contributed by atoms with Gasteiger partial charge in [-0.2, -0.15) is 0 Å². The monoisotopic (exact) mass is 435 g/mol. The van der Waals surface area contributed by atoms with Crippen LogP contribution in [0, 0.1) is 17.8 Å². The van der Waals surface area contributed by atoms with Crippen LogP contribution in [0.4, 0.5) is 0 Å². The van der Waals surface area contributed by atoms with Crippen molar-refractivity contribution in [3.05, 3.63) is 59.9 Å². The van der Waals surface area contributed by atoms with Crippen molar-refractivity contribution in [3.8, 4) is 0 Å². The Hall–Kier alpha value is -2.34. The van der Waals surface area contributed by atoms with Gasteiger partial charge in [-0.3, -0.25) is 14.6 Å². The van der Waals surface area contributed by atoms with E-state index < -0.39 is 0 Å². The van der Waals surface area contributed by atoms with Crippen molar-refractivity contribution in [3.63, 3.8) is 0 Å². The molecule has 0 unspecified atom stereocenters. The molecule has 0 atom stereocenters. The van der Waals surface area contributed by atoms with Crippen molar-refractivity contribution >= 4 is 23.6 Å². The third-order valence-corrected chi connectivity index (χ3v) is 8.18. The van der Waals surface area contributed by atoms with Crippen LogP contribution in [0.1, 0.15) is 54.4 Å². The maximum absolute atomic E-state index is 12.9. The number of rotatable bonds is 7. The smallest absolute Gasteiger partial charge is 0.252 e. The normalized spacial score (nSPS) is 28.3. The first-order chi connectivity index (χ1) is 15.1. The highest BCUT2D eigenvalue weighted by Crippen LogP contribution is 2.55. The Morgan fingerprint density at radius 2 is 1.71 bits per heavy atom. The molecule has 0 saturated heterocycles. The van der Waals surface area contributed by atoms with Crippen molar-refractivity contribution < 1.29 is 9.59 Å². The van der Waals surface area contributed by atoms with Crippen molar-refractivity contribution in [2.24, 2.45) is 17.8 Å². The molecule has 0 spiro atoms. The zero-order valence-corrected chi connectivity index (χ0v) is 18.5. The Bertz CT molecular complexity index is 927. The molecular weight excluding hydrogens is 406 g/mol. The van der Waals surface area contributed by atoms with Gasteiger partial charge in [-0.1, -0.05) is 18.2 Å². The molecule has 4 saturated carbocycles. The first kappa shape index (κ1) is 20.6. The van der Waals surface area contributed by atoms with Crippen LogP contribution in [0.2, 0.25) is 0 Å². The minimum Gasteiger partial charge on any atom is -0.350 e. The number of carbonyl (C=O) groups excluding carboxylic acids is 2. The second-order valence-corrected chi connectivity index (χ2v) is 10.6. The van der Waals surface area contributed by atoms with Gasteiger partial charge in [-0.05, 0) is 80.0 Å². The Labute approximate surface area is 187 Å². The number of pyridine rings is 1. The van der Waals surface area contributed by atoms with Crippen molar-refractivity contribution in [2.75, 3.05) is 5.75 Å². The summed E-state index contributed by atoms with van der Waals surface area (Å²) in [5.41, 5.74) is 1.60. The predicted molar refractivity (Wildman–Crippen MR) is 122 cm³/mol. The van der Waals surface area contributed by atoms with E-state index in [1.54, 1.807) is 12.4 Å². The standard InChI is InChI=1S/C25H29N3O2S/c29-23(28-25-11-18-8-19(12-25)10-20(9-18)13-25)16-31-22-6-2-1-5-21(22)24(30)27-15-17-4-3-7-26-14-17/h1-7,14,18-20H,8-13,15-16H2,(H,27,30)(H,28,29). The summed E-state index contributed by atoms with van der Waals surface area (Å²) in [7, 11) is 0. The molecular formula is C25H29N3O2S. The second kappa shape index (κ2) is 8.65. The van der Waals surface area contributed by atoms with Gasteiger partial charge in [0.25, 0.3) is 5.91 Å². The Kier molecular flexibility index (Phi) is 5.74. The molecule has 1 aromatic carbocycles. The largest absolute Gasteiger partial charge is 0.350 e. The Morgan fingerprint density at radius 1 is 1.00 bits per heavy atom. The molecule has 4 bridgehead atoms. The highest BCUT2D eigenvalue weighted by molar-refractivity contribution is 8.00. The zero-order chi connectivity index (χ0) is 21.3. The summed E-state index contributed by atoms with van der Waals surface area (Å²) in [5, 5.41) is 6.38. The lowest BCUT2D eigenvalue weighted by Gasteiger charge is -2.56. The van der Waals surface area contributed by atoms with Crippen molar-refractivity contribution in [1.82, 2.24) is 15.6 Å². The van der Waals surface area contributed by atoms with E-state index in [2.05, 4.69) is 15.6 Å². The molecule has 2 N–H and O–H groups in total. The second-order valence-electron chi connectivity index (χ2n) is 9.57. The number of nitrogens with one attached hydrogen (secondary N) is 2. The lowest BCUT2D eigenvalue weighted by atomic mass is 9.53. The molecule has 31 heavy (non-hydrogen) atoms. The third kappa shape index (κ3) is 4.64. The maximum Gasteiger partial charge on any atom is 0.252 e. The molecule has 2 amide bonds. The quantitative estimate of drug-likeness (QED) is 0.640. The van der Waals surface area contributed by atoms with Gasteiger partial charge in [0.15, 0.2) is 0 Å². The van der Waals surface area contributed by atoms with Crippen LogP contribution in [-0.4, -0.2) is 28.1 Å². The van der Waals surface area contributed by atoms with E-state index in [0.717, 1.165) is 47.5 Å². The van der Waals surface area contributed by atoms with Gasteiger partial charge < -0.3 is 10.6 Å². The van der Waals surface area contributed by atoms with Crippen LogP contribution in [0.5, 0.6) is 0 Å². The lowest BCUT2D eigenvalue weighted by molar-refractivity contribution is -0.124. The number of amides is 2. The van der Waals surface area contributed by atoms with Crippen LogP contribution in [0.3, 0.4) is 0 Å². The summed E-state index contributed by atoms with van der Waals surface area (Å²) in [6.45, 7) is 0.429.